The van der Waals surface area contributed by atoms with Gasteiger partial charge in [-0.2, -0.15) is 0 Å². The number of nitrogens with zero attached hydrogens (tertiary/aromatic N) is 2. The van der Waals surface area contributed by atoms with Crippen molar-refractivity contribution in [1.82, 2.24) is 0 Å². The van der Waals surface area contributed by atoms with Crippen molar-refractivity contribution in [2.45, 2.75) is 31.9 Å². The third-order valence-corrected chi connectivity index (χ3v) is 6.16. The second-order valence-electron chi connectivity index (χ2n) is 7.93. The van der Waals surface area contributed by atoms with E-state index in [1.54, 1.807) is 0 Å². The molecule has 5 rings (SSSR count). The zero-order chi connectivity index (χ0) is 19.5. The molecule has 0 saturated heterocycles. The van der Waals surface area contributed by atoms with E-state index >= 15 is 0 Å². The highest BCUT2D eigenvalue weighted by molar-refractivity contribution is 6.03. The molecule has 142 valence electrons. The van der Waals surface area contributed by atoms with Gasteiger partial charge < -0.3 is 14.4 Å². The van der Waals surface area contributed by atoms with Crippen LogP contribution in [0, 0.1) is 0 Å². The summed E-state index contributed by atoms with van der Waals surface area (Å²) in [4.78, 5) is 7.23. The molecule has 3 aromatic rings. The molecule has 0 aromatic heterocycles. The molecule has 0 N–H and O–H groups in total. The van der Waals surface area contributed by atoms with E-state index in [-0.39, 0.29) is 5.41 Å². The Morgan fingerprint density at radius 2 is 1.75 bits per heavy atom. The summed E-state index contributed by atoms with van der Waals surface area (Å²) in [5.41, 5.74) is 2.03. The Bertz CT molecular complexity index is 1120. The van der Waals surface area contributed by atoms with Gasteiger partial charge in [0.1, 0.15) is 11.4 Å². The van der Waals surface area contributed by atoms with Gasteiger partial charge in [0, 0.05) is 18.1 Å². The molecule has 0 amide bonds. The van der Waals surface area contributed by atoms with Gasteiger partial charge >= 0.3 is 0 Å². The molecule has 1 atom stereocenters. The van der Waals surface area contributed by atoms with Gasteiger partial charge in [-0.3, -0.25) is 0 Å². The third kappa shape index (κ3) is 1.98. The van der Waals surface area contributed by atoms with Crippen LogP contribution in [0.5, 0.6) is 5.75 Å². The van der Waals surface area contributed by atoms with Crippen molar-refractivity contribution in [2.24, 2.45) is 4.99 Å². The minimum absolute atomic E-state index is 0.352. The minimum Gasteiger partial charge on any atom is -0.477 e. The summed E-state index contributed by atoms with van der Waals surface area (Å²) in [6, 6.07) is 20.8. The summed E-state index contributed by atoms with van der Waals surface area (Å²) < 4.78 is 13.0. The molecule has 3 aromatic carbocycles. The highest BCUT2D eigenvalue weighted by atomic mass is 16.6. The van der Waals surface area contributed by atoms with Crippen molar-refractivity contribution in [3.05, 3.63) is 66.2 Å². The Morgan fingerprint density at radius 3 is 2.54 bits per heavy atom. The lowest BCUT2D eigenvalue weighted by molar-refractivity contribution is 0.0497. The van der Waals surface area contributed by atoms with Gasteiger partial charge in [-0.25, -0.2) is 4.99 Å². The average molecular weight is 372 g/mol. The highest BCUT2D eigenvalue weighted by Gasteiger charge is 2.64. The van der Waals surface area contributed by atoms with Crippen LogP contribution in [0.1, 0.15) is 26.3 Å². The van der Waals surface area contributed by atoms with Crippen molar-refractivity contribution >= 4 is 28.0 Å². The van der Waals surface area contributed by atoms with E-state index in [0.717, 1.165) is 27.9 Å². The maximum atomic E-state index is 6.83. The molecule has 0 radical (unpaired) electrons. The van der Waals surface area contributed by atoms with Crippen LogP contribution < -0.4 is 9.64 Å². The van der Waals surface area contributed by atoms with Crippen LogP contribution in [0.4, 0.5) is 11.4 Å². The highest BCUT2D eigenvalue weighted by Crippen LogP contribution is 2.55. The van der Waals surface area contributed by atoms with Gasteiger partial charge in [0.05, 0.1) is 12.0 Å². The molecule has 2 heterocycles. The predicted molar refractivity (Wildman–Crippen MR) is 114 cm³/mol. The number of fused-ring (bicyclic) bond motifs is 4. The van der Waals surface area contributed by atoms with E-state index in [1.807, 2.05) is 25.1 Å². The van der Waals surface area contributed by atoms with Crippen molar-refractivity contribution in [3.8, 4) is 5.75 Å². The Balaban J connectivity index is 1.79. The first kappa shape index (κ1) is 17.1. The fourth-order valence-electron chi connectivity index (χ4n) is 4.75. The van der Waals surface area contributed by atoms with E-state index in [9.17, 15) is 0 Å². The number of hydrogen-bond donors (Lipinski definition) is 0. The van der Waals surface area contributed by atoms with E-state index in [0.29, 0.717) is 12.5 Å². The molecule has 0 fully saturated rings. The molecule has 2 aliphatic rings. The van der Waals surface area contributed by atoms with E-state index < -0.39 is 5.72 Å². The van der Waals surface area contributed by atoms with E-state index in [1.165, 1.54) is 5.56 Å². The number of rotatable bonds is 1. The number of aliphatic imine (C=N–C) groups is 1. The van der Waals surface area contributed by atoms with Gasteiger partial charge in [0.15, 0.2) is 0 Å². The quantitative estimate of drug-likeness (QED) is 0.572. The van der Waals surface area contributed by atoms with Crippen LogP contribution in [0.2, 0.25) is 0 Å². The lowest BCUT2D eigenvalue weighted by Crippen LogP contribution is -2.65. The summed E-state index contributed by atoms with van der Waals surface area (Å²) in [7, 11) is 2.06. The summed E-state index contributed by atoms with van der Waals surface area (Å²) >= 11 is 0. The van der Waals surface area contributed by atoms with Gasteiger partial charge in [0.2, 0.25) is 0 Å². The fraction of sp³-hybridized carbons (Fsp3) is 0.292. The topological polar surface area (TPSA) is 34.1 Å². The van der Waals surface area contributed by atoms with Gasteiger partial charge in [-0.1, -0.05) is 48.5 Å². The molecular weight excluding hydrogens is 348 g/mol. The van der Waals surface area contributed by atoms with Gasteiger partial charge in [-0.05, 0) is 43.9 Å². The maximum absolute atomic E-state index is 6.83. The van der Waals surface area contributed by atoms with Crippen molar-refractivity contribution < 1.29 is 9.47 Å². The largest absolute Gasteiger partial charge is 0.477 e. The van der Waals surface area contributed by atoms with Crippen LogP contribution in [-0.4, -0.2) is 25.3 Å². The Labute approximate surface area is 165 Å². The third-order valence-electron chi connectivity index (χ3n) is 6.16. The molecule has 0 saturated carbocycles. The second kappa shape index (κ2) is 5.74. The molecule has 0 unspecified atom stereocenters. The molecule has 2 aliphatic heterocycles. The van der Waals surface area contributed by atoms with Crippen LogP contribution in [0.3, 0.4) is 0 Å². The fourth-order valence-corrected chi connectivity index (χ4v) is 4.75. The Kier molecular flexibility index (Phi) is 3.51. The van der Waals surface area contributed by atoms with Gasteiger partial charge in [-0.15, -0.1) is 0 Å². The number of hydrogen-bond acceptors (Lipinski definition) is 4. The Morgan fingerprint density at radius 1 is 1.00 bits per heavy atom. The SMILES string of the molecule is CCOC1=Nc2c(ccc3ccccc23)O[C@]12N(C)c1ccccc1C2(C)C. The molecule has 4 heteroatoms. The number of ether oxygens (including phenoxy) is 2. The van der Waals surface area contributed by atoms with Crippen molar-refractivity contribution in [3.63, 3.8) is 0 Å². The zero-order valence-corrected chi connectivity index (χ0v) is 16.7. The number of likely N-dealkylation sites (N-methyl/N-ethyl adjacent to an activating group) is 1. The molecule has 0 aliphatic carbocycles. The normalized spacial score (nSPS) is 21.9. The van der Waals surface area contributed by atoms with Crippen molar-refractivity contribution in [2.75, 3.05) is 18.6 Å². The monoisotopic (exact) mass is 372 g/mol. The smallest absolute Gasteiger partial charge is 0.268 e. The van der Waals surface area contributed by atoms with Crippen molar-refractivity contribution in [1.29, 1.82) is 0 Å². The van der Waals surface area contributed by atoms with Crippen LogP contribution in [0.25, 0.3) is 10.8 Å². The second-order valence-corrected chi connectivity index (χ2v) is 7.93. The minimum atomic E-state index is -0.831. The first-order valence-corrected chi connectivity index (χ1v) is 9.77. The average Bonchev–Trinajstić information content (AvgIpc) is 2.88. The van der Waals surface area contributed by atoms with Gasteiger partial charge in [0.25, 0.3) is 11.6 Å². The van der Waals surface area contributed by atoms with Crippen LogP contribution in [-0.2, 0) is 10.2 Å². The molecule has 0 bridgehead atoms. The molecule has 1 spiro atoms. The number of benzene rings is 3. The maximum Gasteiger partial charge on any atom is 0.268 e. The zero-order valence-electron chi connectivity index (χ0n) is 16.7. The lowest BCUT2D eigenvalue weighted by atomic mass is 9.76. The summed E-state index contributed by atoms with van der Waals surface area (Å²) in [5.74, 6) is 1.40. The number of anilines is 1. The van der Waals surface area contributed by atoms with E-state index in [2.05, 4.69) is 68.3 Å². The summed E-state index contributed by atoms with van der Waals surface area (Å²) in [6.45, 7) is 6.93. The molecule has 4 nitrogen and oxygen atoms in total. The first-order chi connectivity index (χ1) is 13.5. The van der Waals surface area contributed by atoms with Crippen LogP contribution >= 0.6 is 0 Å². The lowest BCUT2D eigenvalue weighted by Gasteiger charge is -2.47. The predicted octanol–water partition coefficient (Wildman–Crippen LogP) is 5.42. The summed E-state index contributed by atoms with van der Waals surface area (Å²) in [5, 5.41) is 2.21. The summed E-state index contributed by atoms with van der Waals surface area (Å²) in [6.07, 6.45) is 0. The molecular formula is C24H24N2O2. The Hall–Kier alpha value is -3.01. The van der Waals surface area contributed by atoms with E-state index in [4.69, 9.17) is 14.5 Å². The molecule has 28 heavy (non-hydrogen) atoms. The van der Waals surface area contributed by atoms with Crippen LogP contribution in [0.15, 0.2) is 65.7 Å². The number of para-hydroxylation sites is 1. The standard InChI is InChI=1S/C24H24N2O2/c1-5-27-22-24(23(2,3)18-12-8-9-13-19(18)26(24)4)28-20-15-14-16-10-6-7-11-17(16)21(20)25-22/h6-15H,5H2,1-4H3/t24-/m1/s1. The first-order valence-electron chi connectivity index (χ1n) is 9.77.